The van der Waals surface area contributed by atoms with E-state index in [4.69, 9.17) is 9.84 Å². The summed E-state index contributed by atoms with van der Waals surface area (Å²) in [7, 11) is 1.90. The number of hydrogen-bond acceptors (Lipinski definition) is 5. The van der Waals surface area contributed by atoms with Crippen LogP contribution in [0.15, 0.2) is 48.7 Å². The first-order chi connectivity index (χ1) is 12.1. The second-order valence-corrected chi connectivity index (χ2v) is 5.75. The zero-order valence-electron chi connectivity index (χ0n) is 13.8. The van der Waals surface area contributed by atoms with Crippen LogP contribution in [0.3, 0.4) is 0 Å². The van der Waals surface area contributed by atoms with Gasteiger partial charge in [0.2, 0.25) is 0 Å². The minimum absolute atomic E-state index is 0.0415. The molecule has 1 aliphatic heterocycles. The number of carbonyl (C=O) groups is 2. The van der Waals surface area contributed by atoms with Gasteiger partial charge in [-0.05, 0) is 24.3 Å². The third kappa shape index (κ3) is 3.77. The number of amides is 1. The first kappa shape index (κ1) is 16.9. The number of aromatic nitrogens is 1. The van der Waals surface area contributed by atoms with Crippen molar-refractivity contribution in [2.75, 3.05) is 31.6 Å². The van der Waals surface area contributed by atoms with Crippen LogP contribution in [0.2, 0.25) is 0 Å². The Hall–Kier alpha value is -2.93. The van der Waals surface area contributed by atoms with E-state index in [1.165, 1.54) is 11.1 Å². The molecule has 1 amide bonds. The lowest BCUT2D eigenvalue weighted by Gasteiger charge is -2.30. The molecule has 2 aromatic rings. The lowest BCUT2D eigenvalue weighted by Crippen LogP contribution is -2.48. The molecule has 0 spiro atoms. The van der Waals surface area contributed by atoms with Crippen molar-refractivity contribution in [3.05, 3.63) is 54.2 Å². The minimum Gasteiger partial charge on any atom is -0.479 e. The van der Waals surface area contributed by atoms with Crippen LogP contribution in [0, 0.1) is 0 Å². The molecule has 7 nitrogen and oxygen atoms in total. The molecular weight excluding hydrogens is 322 g/mol. The van der Waals surface area contributed by atoms with E-state index in [-0.39, 0.29) is 19.1 Å². The van der Waals surface area contributed by atoms with Gasteiger partial charge in [0.25, 0.3) is 5.91 Å². The summed E-state index contributed by atoms with van der Waals surface area (Å²) in [4.78, 5) is 31.3. The van der Waals surface area contributed by atoms with Crippen molar-refractivity contribution in [3.63, 3.8) is 0 Å². The zero-order valence-corrected chi connectivity index (χ0v) is 13.8. The van der Waals surface area contributed by atoms with Crippen LogP contribution in [0.25, 0.3) is 0 Å². The zero-order chi connectivity index (χ0) is 17.8. The maximum Gasteiger partial charge on any atom is 0.334 e. The van der Waals surface area contributed by atoms with Crippen molar-refractivity contribution in [3.8, 4) is 0 Å². The molecule has 0 bridgehead atoms. The number of para-hydroxylation sites is 1. The molecule has 1 aliphatic rings. The van der Waals surface area contributed by atoms with E-state index in [0.717, 1.165) is 5.69 Å². The summed E-state index contributed by atoms with van der Waals surface area (Å²) in [5, 5.41) is 9.03. The van der Waals surface area contributed by atoms with Gasteiger partial charge in [-0.15, -0.1) is 0 Å². The fraction of sp³-hybridized carbons (Fsp3) is 0.278. The Kier molecular flexibility index (Phi) is 4.95. The standard InChI is InChI=1S/C18H19N3O4/c1-20(14-5-3-2-4-6-14)16-8-7-13(11-19-16)17(22)21-9-10-25-15(12-21)18(23)24/h2-8,11,15H,9-10,12H2,1H3,(H,23,24)/t15-/m0/s1. The summed E-state index contributed by atoms with van der Waals surface area (Å²) >= 11 is 0. The Morgan fingerprint density at radius 1 is 1.24 bits per heavy atom. The summed E-state index contributed by atoms with van der Waals surface area (Å²) in [6.45, 7) is 0.624. The Labute approximate surface area is 145 Å². The third-order valence-corrected chi connectivity index (χ3v) is 4.11. The molecule has 1 saturated heterocycles. The van der Waals surface area contributed by atoms with Crippen LogP contribution < -0.4 is 4.90 Å². The van der Waals surface area contributed by atoms with Gasteiger partial charge in [-0.2, -0.15) is 0 Å². The summed E-state index contributed by atoms with van der Waals surface area (Å²) in [5.74, 6) is -0.584. The SMILES string of the molecule is CN(c1ccccc1)c1ccc(C(=O)N2CCO[C@H](C(=O)O)C2)cn1. The number of ether oxygens (including phenoxy) is 1. The van der Waals surface area contributed by atoms with Gasteiger partial charge >= 0.3 is 5.97 Å². The van der Waals surface area contributed by atoms with Crippen LogP contribution >= 0.6 is 0 Å². The van der Waals surface area contributed by atoms with Crippen molar-refractivity contribution in [2.24, 2.45) is 0 Å². The maximum absolute atomic E-state index is 12.5. The number of carboxylic acids is 1. The molecule has 130 valence electrons. The molecule has 1 atom stereocenters. The molecular formula is C18H19N3O4. The molecule has 7 heteroatoms. The molecule has 0 aliphatic carbocycles. The van der Waals surface area contributed by atoms with Crippen LogP contribution in [0.4, 0.5) is 11.5 Å². The lowest BCUT2D eigenvalue weighted by molar-refractivity contribution is -0.154. The Balaban J connectivity index is 1.71. The molecule has 2 heterocycles. The van der Waals surface area contributed by atoms with Crippen molar-refractivity contribution >= 4 is 23.4 Å². The molecule has 1 aromatic heterocycles. The minimum atomic E-state index is -1.06. The van der Waals surface area contributed by atoms with E-state index in [2.05, 4.69) is 4.98 Å². The number of benzene rings is 1. The van der Waals surface area contributed by atoms with E-state index in [1.54, 1.807) is 12.1 Å². The first-order valence-electron chi connectivity index (χ1n) is 7.95. The molecule has 0 saturated carbocycles. The largest absolute Gasteiger partial charge is 0.479 e. The van der Waals surface area contributed by atoms with Gasteiger partial charge in [0.1, 0.15) is 5.82 Å². The third-order valence-electron chi connectivity index (χ3n) is 4.11. The fourth-order valence-electron chi connectivity index (χ4n) is 2.66. The number of pyridine rings is 1. The number of carbonyl (C=O) groups excluding carboxylic acids is 1. The molecule has 0 radical (unpaired) electrons. The molecule has 25 heavy (non-hydrogen) atoms. The van der Waals surface area contributed by atoms with E-state index in [9.17, 15) is 9.59 Å². The van der Waals surface area contributed by atoms with Crippen LogP contribution in [0.5, 0.6) is 0 Å². The molecule has 1 fully saturated rings. The predicted molar refractivity (Wildman–Crippen MR) is 92.0 cm³/mol. The second kappa shape index (κ2) is 7.31. The van der Waals surface area contributed by atoms with Gasteiger partial charge in [-0.25, -0.2) is 9.78 Å². The Morgan fingerprint density at radius 2 is 2.00 bits per heavy atom. The molecule has 1 N–H and O–H groups in total. The predicted octanol–water partition coefficient (Wildman–Crippen LogP) is 1.78. The molecule has 0 unspecified atom stereocenters. The maximum atomic E-state index is 12.5. The van der Waals surface area contributed by atoms with Crippen molar-refractivity contribution < 1.29 is 19.4 Å². The summed E-state index contributed by atoms with van der Waals surface area (Å²) in [6.07, 6.45) is 0.539. The van der Waals surface area contributed by atoms with Crippen LogP contribution in [-0.4, -0.2) is 59.7 Å². The van der Waals surface area contributed by atoms with E-state index >= 15 is 0 Å². The Morgan fingerprint density at radius 3 is 2.64 bits per heavy atom. The number of nitrogens with zero attached hydrogens (tertiary/aromatic N) is 3. The van der Waals surface area contributed by atoms with E-state index in [1.807, 2.05) is 42.3 Å². The normalized spacial score (nSPS) is 17.2. The summed E-state index contributed by atoms with van der Waals surface area (Å²) in [6, 6.07) is 13.3. The highest BCUT2D eigenvalue weighted by atomic mass is 16.5. The molecule has 3 rings (SSSR count). The van der Waals surface area contributed by atoms with Gasteiger partial charge in [-0.1, -0.05) is 18.2 Å². The average Bonchev–Trinajstić information content (AvgIpc) is 2.67. The van der Waals surface area contributed by atoms with Gasteiger partial charge in [0.15, 0.2) is 6.10 Å². The van der Waals surface area contributed by atoms with Crippen molar-refractivity contribution in [1.82, 2.24) is 9.88 Å². The number of carboxylic acid groups (broad SMARTS) is 1. The van der Waals surface area contributed by atoms with Gasteiger partial charge < -0.3 is 19.6 Å². The highest BCUT2D eigenvalue weighted by molar-refractivity contribution is 5.94. The Bertz CT molecular complexity index is 749. The van der Waals surface area contributed by atoms with Gasteiger partial charge in [-0.3, -0.25) is 4.79 Å². The smallest absolute Gasteiger partial charge is 0.334 e. The number of rotatable bonds is 4. The van der Waals surface area contributed by atoms with Crippen LogP contribution in [0.1, 0.15) is 10.4 Å². The number of morpholine rings is 1. The summed E-state index contributed by atoms with van der Waals surface area (Å²) < 4.78 is 5.14. The van der Waals surface area contributed by atoms with Gasteiger partial charge in [0.05, 0.1) is 18.7 Å². The first-order valence-corrected chi connectivity index (χ1v) is 7.95. The quantitative estimate of drug-likeness (QED) is 0.913. The van der Waals surface area contributed by atoms with Crippen molar-refractivity contribution in [1.29, 1.82) is 0 Å². The number of anilines is 2. The van der Waals surface area contributed by atoms with Crippen LogP contribution in [-0.2, 0) is 9.53 Å². The fourth-order valence-corrected chi connectivity index (χ4v) is 2.66. The summed E-state index contributed by atoms with van der Waals surface area (Å²) in [5.41, 5.74) is 1.42. The topological polar surface area (TPSA) is 83.0 Å². The monoisotopic (exact) mass is 341 g/mol. The van der Waals surface area contributed by atoms with E-state index < -0.39 is 12.1 Å². The lowest BCUT2D eigenvalue weighted by atomic mass is 10.2. The van der Waals surface area contributed by atoms with E-state index in [0.29, 0.717) is 17.9 Å². The number of hydrogen-bond donors (Lipinski definition) is 1. The van der Waals surface area contributed by atoms with Crippen molar-refractivity contribution in [2.45, 2.75) is 6.10 Å². The van der Waals surface area contributed by atoms with Gasteiger partial charge in [0, 0.05) is 25.5 Å². The average molecular weight is 341 g/mol. The highest BCUT2D eigenvalue weighted by Gasteiger charge is 2.29. The highest BCUT2D eigenvalue weighted by Crippen LogP contribution is 2.21. The number of aliphatic carboxylic acids is 1. The second-order valence-electron chi connectivity index (χ2n) is 5.75. The molecule has 1 aromatic carbocycles.